The quantitative estimate of drug-likeness (QED) is 0.852. The van der Waals surface area contributed by atoms with Crippen LogP contribution in [-0.2, 0) is 4.74 Å². The number of hydrogen-bond donors (Lipinski definition) is 0. The van der Waals surface area contributed by atoms with Crippen molar-refractivity contribution in [3.05, 3.63) is 48.5 Å². The fourth-order valence-electron chi connectivity index (χ4n) is 3.62. The van der Waals surface area contributed by atoms with Crippen LogP contribution in [0, 0.1) is 0 Å². The molecule has 0 spiro atoms. The number of ether oxygens (including phenoxy) is 1. The van der Waals surface area contributed by atoms with Gasteiger partial charge in [0.05, 0.1) is 18.6 Å². The second-order valence-electron chi connectivity index (χ2n) is 6.71. The molecule has 1 aromatic carbocycles. The molecule has 6 nitrogen and oxygen atoms in total. The minimum atomic E-state index is 0.0538. The van der Waals surface area contributed by atoms with Crippen molar-refractivity contribution in [3.63, 3.8) is 0 Å². The van der Waals surface area contributed by atoms with Gasteiger partial charge in [0, 0.05) is 45.0 Å². The van der Waals surface area contributed by atoms with Gasteiger partial charge in [-0.25, -0.2) is 4.98 Å². The van der Waals surface area contributed by atoms with E-state index in [-0.39, 0.29) is 5.91 Å². The van der Waals surface area contributed by atoms with Gasteiger partial charge in [-0.3, -0.25) is 14.3 Å². The molecule has 1 aromatic heterocycles. The molecule has 0 radical (unpaired) electrons. The molecule has 2 saturated heterocycles. The Kier molecular flexibility index (Phi) is 4.81. The molecule has 0 N–H and O–H groups in total. The highest BCUT2D eigenvalue weighted by atomic mass is 16.5. The highest BCUT2D eigenvalue weighted by Gasteiger charge is 2.26. The molecule has 2 fully saturated rings. The highest BCUT2D eigenvalue weighted by molar-refractivity contribution is 5.93. The van der Waals surface area contributed by atoms with E-state index in [9.17, 15) is 4.79 Å². The van der Waals surface area contributed by atoms with Crippen molar-refractivity contribution in [1.82, 2.24) is 19.4 Å². The Morgan fingerprint density at radius 1 is 1.16 bits per heavy atom. The van der Waals surface area contributed by atoms with Crippen LogP contribution < -0.4 is 0 Å². The lowest BCUT2D eigenvalue weighted by Crippen LogP contribution is -2.50. The Bertz CT molecular complexity index is 701. The summed E-state index contributed by atoms with van der Waals surface area (Å²) in [7, 11) is 0. The summed E-state index contributed by atoms with van der Waals surface area (Å²) >= 11 is 0. The van der Waals surface area contributed by atoms with Gasteiger partial charge in [-0.1, -0.05) is 18.2 Å². The first-order valence-electron chi connectivity index (χ1n) is 9.02. The molecule has 1 atom stereocenters. The van der Waals surface area contributed by atoms with Crippen LogP contribution in [0.15, 0.2) is 42.9 Å². The Hall–Kier alpha value is -2.18. The number of benzene rings is 1. The first-order chi connectivity index (χ1) is 12.3. The van der Waals surface area contributed by atoms with Gasteiger partial charge in [0.1, 0.15) is 5.69 Å². The normalized spacial score (nSPS) is 21.6. The van der Waals surface area contributed by atoms with E-state index < -0.39 is 0 Å². The number of carbonyl (C=O) groups is 1. The molecule has 4 rings (SSSR count). The smallest absolute Gasteiger partial charge is 0.272 e. The Balaban J connectivity index is 1.39. The van der Waals surface area contributed by atoms with E-state index in [2.05, 4.69) is 9.88 Å². The van der Waals surface area contributed by atoms with E-state index in [0.717, 1.165) is 51.4 Å². The van der Waals surface area contributed by atoms with Crippen LogP contribution in [0.1, 0.15) is 23.3 Å². The third-order valence-corrected chi connectivity index (χ3v) is 5.04. The molecule has 2 aliphatic rings. The van der Waals surface area contributed by atoms with Crippen LogP contribution in [0.2, 0.25) is 0 Å². The summed E-state index contributed by atoms with van der Waals surface area (Å²) in [6, 6.07) is 9.87. The third kappa shape index (κ3) is 3.60. The molecule has 25 heavy (non-hydrogen) atoms. The maximum atomic E-state index is 12.9. The number of imidazole rings is 1. The predicted octanol–water partition coefficient (Wildman–Crippen LogP) is 1.81. The number of piperazine rings is 1. The Morgan fingerprint density at radius 2 is 1.96 bits per heavy atom. The molecule has 0 aliphatic carbocycles. The van der Waals surface area contributed by atoms with Crippen LogP contribution in [0.4, 0.5) is 0 Å². The van der Waals surface area contributed by atoms with Crippen molar-refractivity contribution in [2.24, 2.45) is 0 Å². The van der Waals surface area contributed by atoms with Crippen molar-refractivity contribution in [1.29, 1.82) is 0 Å². The molecule has 2 aromatic rings. The molecular formula is C19H24N4O2. The van der Waals surface area contributed by atoms with E-state index in [0.29, 0.717) is 11.8 Å². The second kappa shape index (κ2) is 7.37. The average molecular weight is 340 g/mol. The van der Waals surface area contributed by atoms with Gasteiger partial charge in [0.15, 0.2) is 0 Å². The molecule has 1 amide bonds. The lowest BCUT2D eigenvalue weighted by molar-refractivity contribution is 0.0428. The number of carbonyl (C=O) groups excluding carboxylic acids is 1. The van der Waals surface area contributed by atoms with Crippen LogP contribution >= 0.6 is 0 Å². The van der Waals surface area contributed by atoms with Gasteiger partial charge in [-0.05, 0) is 25.0 Å². The zero-order chi connectivity index (χ0) is 17.1. The van der Waals surface area contributed by atoms with Gasteiger partial charge < -0.3 is 9.64 Å². The first kappa shape index (κ1) is 16.3. The van der Waals surface area contributed by atoms with Gasteiger partial charge in [0.25, 0.3) is 5.91 Å². The van der Waals surface area contributed by atoms with Crippen molar-refractivity contribution in [2.75, 3.05) is 39.3 Å². The Labute approximate surface area is 148 Å². The largest absolute Gasteiger partial charge is 0.377 e. The monoisotopic (exact) mass is 340 g/mol. The van der Waals surface area contributed by atoms with Crippen molar-refractivity contribution >= 4 is 5.91 Å². The number of hydrogen-bond acceptors (Lipinski definition) is 4. The molecule has 132 valence electrons. The van der Waals surface area contributed by atoms with Crippen LogP contribution in [-0.4, -0.2) is 70.7 Å². The first-order valence-corrected chi connectivity index (χ1v) is 9.02. The second-order valence-corrected chi connectivity index (χ2v) is 6.71. The maximum absolute atomic E-state index is 12.9. The maximum Gasteiger partial charge on any atom is 0.272 e. The summed E-state index contributed by atoms with van der Waals surface area (Å²) in [4.78, 5) is 21.5. The summed E-state index contributed by atoms with van der Waals surface area (Å²) in [5.41, 5.74) is 1.58. The van der Waals surface area contributed by atoms with Crippen LogP contribution in [0.3, 0.4) is 0 Å². The lowest BCUT2D eigenvalue weighted by atomic mass is 10.2. The number of rotatable bonds is 4. The molecule has 3 heterocycles. The number of aromatic nitrogens is 2. The fourth-order valence-corrected chi connectivity index (χ4v) is 3.62. The van der Waals surface area contributed by atoms with Gasteiger partial charge >= 0.3 is 0 Å². The summed E-state index contributed by atoms with van der Waals surface area (Å²) in [5.74, 6) is 0.0538. The van der Waals surface area contributed by atoms with Crippen molar-refractivity contribution in [2.45, 2.75) is 18.9 Å². The zero-order valence-corrected chi connectivity index (χ0v) is 14.4. The van der Waals surface area contributed by atoms with E-state index in [1.165, 1.54) is 6.42 Å². The van der Waals surface area contributed by atoms with Gasteiger partial charge in [0.2, 0.25) is 0 Å². The van der Waals surface area contributed by atoms with E-state index in [1.807, 2.05) is 39.8 Å². The summed E-state index contributed by atoms with van der Waals surface area (Å²) < 4.78 is 7.58. The average Bonchev–Trinajstić information content (AvgIpc) is 3.34. The third-order valence-electron chi connectivity index (χ3n) is 5.04. The molecular weight excluding hydrogens is 316 g/mol. The Morgan fingerprint density at radius 3 is 2.68 bits per heavy atom. The molecule has 6 heteroatoms. The molecule has 0 bridgehead atoms. The lowest BCUT2D eigenvalue weighted by Gasteiger charge is -2.35. The molecule has 0 saturated carbocycles. The van der Waals surface area contributed by atoms with Crippen LogP contribution in [0.25, 0.3) is 5.69 Å². The van der Waals surface area contributed by atoms with Crippen molar-refractivity contribution < 1.29 is 9.53 Å². The SMILES string of the molecule is O=C(c1cncn1-c1ccccc1)N1CCN(CC2CCCO2)CC1. The van der Waals surface area contributed by atoms with Gasteiger partial charge in [-0.15, -0.1) is 0 Å². The zero-order valence-electron chi connectivity index (χ0n) is 14.4. The van der Waals surface area contributed by atoms with Crippen molar-refractivity contribution in [3.8, 4) is 5.69 Å². The van der Waals surface area contributed by atoms with E-state index >= 15 is 0 Å². The number of nitrogens with zero attached hydrogens (tertiary/aromatic N) is 4. The van der Waals surface area contributed by atoms with E-state index in [1.54, 1.807) is 12.5 Å². The highest BCUT2D eigenvalue weighted by Crippen LogP contribution is 2.17. The van der Waals surface area contributed by atoms with E-state index in [4.69, 9.17) is 4.74 Å². The summed E-state index contributed by atoms with van der Waals surface area (Å²) in [6.45, 7) is 5.21. The van der Waals surface area contributed by atoms with Gasteiger partial charge in [-0.2, -0.15) is 0 Å². The fraction of sp³-hybridized carbons (Fsp3) is 0.474. The van der Waals surface area contributed by atoms with Crippen LogP contribution in [0.5, 0.6) is 0 Å². The molecule has 2 aliphatic heterocycles. The number of amides is 1. The summed E-state index contributed by atoms with van der Waals surface area (Å²) in [6.07, 6.45) is 6.08. The minimum absolute atomic E-state index is 0.0538. The molecule has 1 unspecified atom stereocenters. The minimum Gasteiger partial charge on any atom is -0.377 e. The number of para-hydroxylation sites is 1. The standard InChI is InChI=1S/C19H24N4O2/c24-19(18-13-20-15-23(18)16-5-2-1-3-6-16)22-10-8-21(9-11-22)14-17-7-4-12-25-17/h1-3,5-6,13,15,17H,4,7-12,14H2. The topological polar surface area (TPSA) is 50.6 Å². The predicted molar refractivity (Wildman–Crippen MR) is 94.9 cm³/mol. The summed E-state index contributed by atoms with van der Waals surface area (Å²) in [5, 5.41) is 0.